The third kappa shape index (κ3) is 2.38. The largest absolute Gasteiger partial charge is 0.496 e. The molecule has 0 atom stereocenters. The molecule has 0 radical (unpaired) electrons. The highest BCUT2D eigenvalue weighted by atomic mass is 19.4. The minimum Gasteiger partial charge on any atom is -0.496 e. The van der Waals surface area contributed by atoms with Crippen LogP contribution in [0.25, 0.3) is 0 Å². The van der Waals surface area contributed by atoms with Gasteiger partial charge in [-0.15, -0.1) is 0 Å². The number of alkyl halides is 3. The van der Waals surface area contributed by atoms with Gasteiger partial charge < -0.3 is 10.5 Å². The van der Waals surface area contributed by atoms with E-state index < -0.39 is 17.6 Å². The number of halogens is 4. The third-order valence-corrected chi connectivity index (χ3v) is 1.90. The Hall–Kier alpha value is -1.30. The van der Waals surface area contributed by atoms with Gasteiger partial charge in [0.05, 0.1) is 12.7 Å². The lowest BCUT2D eigenvalue weighted by molar-refractivity contribution is -0.140. The maximum atomic E-state index is 13.0. The molecule has 1 aromatic rings. The number of rotatable bonds is 2. The average Bonchev–Trinajstić information content (AvgIpc) is 2.15. The van der Waals surface area contributed by atoms with Gasteiger partial charge in [0.1, 0.15) is 11.6 Å². The normalized spacial score (nSPS) is 11.6. The van der Waals surface area contributed by atoms with E-state index in [4.69, 9.17) is 10.5 Å². The second kappa shape index (κ2) is 4.06. The zero-order valence-corrected chi connectivity index (χ0v) is 7.86. The van der Waals surface area contributed by atoms with Gasteiger partial charge in [0.25, 0.3) is 0 Å². The summed E-state index contributed by atoms with van der Waals surface area (Å²) in [6, 6.07) is 1.35. The molecule has 0 aromatic heterocycles. The number of benzene rings is 1. The van der Waals surface area contributed by atoms with E-state index in [-0.39, 0.29) is 17.9 Å². The topological polar surface area (TPSA) is 35.2 Å². The molecule has 1 rings (SSSR count). The number of ether oxygens (including phenoxy) is 1. The van der Waals surface area contributed by atoms with E-state index in [0.717, 1.165) is 0 Å². The van der Waals surface area contributed by atoms with Gasteiger partial charge in [-0.05, 0) is 6.07 Å². The molecule has 2 N–H and O–H groups in total. The summed E-state index contributed by atoms with van der Waals surface area (Å²) >= 11 is 0. The maximum Gasteiger partial charge on any atom is 0.419 e. The summed E-state index contributed by atoms with van der Waals surface area (Å²) < 4.78 is 54.5. The van der Waals surface area contributed by atoms with Gasteiger partial charge in [-0.1, -0.05) is 0 Å². The van der Waals surface area contributed by atoms with E-state index in [1.807, 2.05) is 0 Å². The van der Waals surface area contributed by atoms with Gasteiger partial charge in [0.15, 0.2) is 0 Å². The van der Waals surface area contributed by atoms with E-state index >= 15 is 0 Å². The minimum absolute atomic E-state index is 0.0167. The van der Waals surface area contributed by atoms with Crippen molar-refractivity contribution in [3.05, 3.63) is 29.1 Å². The summed E-state index contributed by atoms with van der Waals surface area (Å²) in [6.07, 6.45) is -4.72. The van der Waals surface area contributed by atoms with Crippen molar-refractivity contribution in [3.63, 3.8) is 0 Å². The fourth-order valence-electron chi connectivity index (χ4n) is 1.17. The first kappa shape index (κ1) is 11.8. The van der Waals surface area contributed by atoms with E-state index in [9.17, 15) is 17.6 Å². The van der Waals surface area contributed by atoms with Crippen LogP contribution in [-0.2, 0) is 12.7 Å². The van der Waals surface area contributed by atoms with Crippen molar-refractivity contribution in [2.75, 3.05) is 7.11 Å². The SMILES string of the molecule is COc1cc(F)c(C(F)(F)F)cc1CN. The van der Waals surface area contributed by atoms with Crippen LogP contribution < -0.4 is 10.5 Å². The first-order valence-corrected chi connectivity index (χ1v) is 4.03. The molecular formula is C9H9F4NO. The van der Waals surface area contributed by atoms with Crippen molar-refractivity contribution >= 4 is 0 Å². The molecule has 15 heavy (non-hydrogen) atoms. The Balaban J connectivity index is 3.32. The molecule has 0 fully saturated rings. The molecular weight excluding hydrogens is 214 g/mol. The van der Waals surface area contributed by atoms with Crippen LogP contribution in [0.5, 0.6) is 5.75 Å². The first-order chi connectivity index (χ1) is 6.90. The second-order valence-corrected chi connectivity index (χ2v) is 2.85. The maximum absolute atomic E-state index is 13.0. The zero-order chi connectivity index (χ0) is 11.6. The number of hydrogen-bond donors (Lipinski definition) is 1. The van der Waals surface area contributed by atoms with Gasteiger partial charge in [-0.2, -0.15) is 13.2 Å². The Morgan fingerprint density at radius 2 is 1.93 bits per heavy atom. The van der Waals surface area contributed by atoms with Gasteiger partial charge in [-0.25, -0.2) is 4.39 Å². The van der Waals surface area contributed by atoms with E-state index in [1.54, 1.807) is 0 Å². The van der Waals surface area contributed by atoms with Gasteiger partial charge >= 0.3 is 6.18 Å². The van der Waals surface area contributed by atoms with Crippen LogP contribution in [0.2, 0.25) is 0 Å². The van der Waals surface area contributed by atoms with E-state index in [0.29, 0.717) is 12.1 Å². The number of hydrogen-bond acceptors (Lipinski definition) is 2. The first-order valence-electron chi connectivity index (χ1n) is 4.03. The third-order valence-electron chi connectivity index (χ3n) is 1.90. The van der Waals surface area contributed by atoms with Crippen LogP contribution >= 0.6 is 0 Å². The van der Waals surface area contributed by atoms with Crippen LogP contribution in [-0.4, -0.2) is 7.11 Å². The highest BCUT2D eigenvalue weighted by Crippen LogP contribution is 2.34. The lowest BCUT2D eigenvalue weighted by Gasteiger charge is -2.12. The van der Waals surface area contributed by atoms with Gasteiger partial charge in [0.2, 0.25) is 0 Å². The summed E-state index contributed by atoms with van der Waals surface area (Å²) in [5.41, 5.74) is 4.01. The molecule has 0 bridgehead atoms. The fraction of sp³-hybridized carbons (Fsp3) is 0.333. The van der Waals surface area contributed by atoms with Gasteiger partial charge in [0, 0.05) is 18.2 Å². The molecule has 0 spiro atoms. The fourth-order valence-corrected chi connectivity index (χ4v) is 1.17. The van der Waals surface area contributed by atoms with Gasteiger partial charge in [-0.3, -0.25) is 0 Å². The lowest BCUT2D eigenvalue weighted by atomic mass is 10.1. The monoisotopic (exact) mass is 223 g/mol. The molecule has 6 heteroatoms. The molecule has 0 aliphatic heterocycles. The van der Waals surface area contributed by atoms with Crippen molar-refractivity contribution in [2.24, 2.45) is 5.73 Å². The summed E-state index contributed by atoms with van der Waals surface area (Å²) in [7, 11) is 1.24. The van der Waals surface area contributed by atoms with Crippen LogP contribution in [0.1, 0.15) is 11.1 Å². The Labute approximate surface area is 83.6 Å². The molecule has 2 nitrogen and oxygen atoms in total. The van der Waals surface area contributed by atoms with E-state index in [1.165, 1.54) is 7.11 Å². The summed E-state index contributed by atoms with van der Waals surface area (Å²) in [5.74, 6) is -1.35. The predicted octanol–water partition coefficient (Wildman–Crippen LogP) is 2.31. The molecule has 0 aliphatic carbocycles. The van der Waals surface area contributed by atoms with Crippen molar-refractivity contribution < 1.29 is 22.3 Å². The smallest absolute Gasteiger partial charge is 0.419 e. The Kier molecular flexibility index (Phi) is 3.18. The van der Waals surface area contributed by atoms with Crippen LogP contribution in [0.4, 0.5) is 17.6 Å². The molecule has 84 valence electrons. The quantitative estimate of drug-likeness (QED) is 0.781. The molecule has 0 saturated heterocycles. The molecule has 0 aliphatic rings. The van der Waals surface area contributed by atoms with Crippen LogP contribution in [0.3, 0.4) is 0 Å². The summed E-state index contributed by atoms with van der Waals surface area (Å²) in [5, 5.41) is 0. The summed E-state index contributed by atoms with van der Waals surface area (Å²) in [4.78, 5) is 0. The molecule has 0 unspecified atom stereocenters. The Morgan fingerprint density at radius 1 is 1.33 bits per heavy atom. The number of methoxy groups -OCH3 is 1. The molecule has 1 aromatic carbocycles. The average molecular weight is 223 g/mol. The Bertz CT molecular complexity index is 362. The highest BCUT2D eigenvalue weighted by molar-refractivity contribution is 5.39. The van der Waals surface area contributed by atoms with Crippen LogP contribution in [0, 0.1) is 5.82 Å². The molecule has 0 heterocycles. The number of nitrogens with two attached hydrogens (primary N) is 1. The second-order valence-electron chi connectivity index (χ2n) is 2.85. The van der Waals surface area contributed by atoms with Crippen molar-refractivity contribution in [1.29, 1.82) is 0 Å². The standard InChI is InChI=1S/C9H9F4NO/c1-15-8-3-7(10)6(9(11,12)13)2-5(8)4-14/h2-3H,4,14H2,1H3. The minimum atomic E-state index is -4.72. The van der Waals surface area contributed by atoms with Crippen molar-refractivity contribution in [1.82, 2.24) is 0 Å². The zero-order valence-electron chi connectivity index (χ0n) is 7.86. The lowest BCUT2D eigenvalue weighted by Crippen LogP contribution is -2.11. The Morgan fingerprint density at radius 3 is 2.33 bits per heavy atom. The van der Waals surface area contributed by atoms with Crippen molar-refractivity contribution in [2.45, 2.75) is 12.7 Å². The highest BCUT2D eigenvalue weighted by Gasteiger charge is 2.34. The molecule has 0 saturated carbocycles. The van der Waals surface area contributed by atoms with Crippen LogP contribution in [0.15, 0.2) is 12.1 Å². The van der Waals surface area contributed by atoms with Crippen molar-refractivity contribution in [3.8, 4) is 5.75 Å². The molecule has 0 amide bonds. The predicted molar refractivity (Wildman–Crippen MR) is 45.8 cm³/mol. The van der Waals surface area contributed by atoms with E-state index in [2.05, 4.69) is 0 Å². The summed E-state index contributed by atoms with van der Waals surface area (Å²) in [6.45, 7) is -0.146.